The lowest BCUT2D eigenvalue weighted by atomic mass is 10.3. The molecule has 17 heavy (non-hydrogen) atoms. The molecule has 0 N–H and O–H groups in total. The Bertz CT molecular complexity index is 414. The summed E-state index contributed by atoms with van der Waals surface area (Å²) in [5, 5.41) is 1.43. The molecule has 0 saturated heterocycles. The molecule has 2 heterocycles. The molecule has 2 rings (SSSR count). The van der Waals surface area contributed by atoms with Crippen molar-refractivity contribution < 1.29 is 0 Å². The highest BCUT2D eigenvalue weighted by Crippen LogP contribution is 2.37. The van der Waals surface area contributed by atoms with Gasteiger partial charge in [0.15, 0.2) is 0 Å². The van der Waals surface area contributed by atoms with Gasteiger partial charge in [-0.05, 0) is 33.8 Å². The molecule has 0 amide bonds. The highest BCUT2D eigenvalue weighted by Gasteiger charge is 2.20. The van der Waals surface area contributed by atoms with E-state index in [0.29, 0.717) is 6.04 Å². The van der Waals surface area contributed by atoms with Crippen LogP contribution in [0.2, 0.25) is 0 Å². The van der Waals surface area contributed by atoms with E-state index in [2.05, 4.69) is 55.4 Å². The molecular weight excluding hydrogens is 228 g/mol. The van der Waals surface area contributed by atoms with E-state index in [4.69, 9.17) is 0 Å². The quantitative estimate of drug-likeness (QED) is 0.797. The number of fused-ring (bicyclic) bond motifs is 1. The Hall–Kier alpha value is -0.830. The normalized spacial score (nSPS) is 14.2. The van der Waals surface area contributed by atoms with Gasteiger partial charge in [0, 0.05) is 30.4 Å². The molecule has 0 radical (unpaired) electrons. The number of nitrogens with zero attached hydrogens (tertiary/aromatic N) is 2. The van der Waals surface area contributed by atoms with Crippen LogP contribution in [0.25, 0.3) is 6.08 Å². The Morgan fingerprint density at radius 3 is 2.65 bits per heavy atom. The summed E-state index contributed by atoms with van der Waals surface area (Å²) < 4.78 is 2.48. The third-order valence-corrected chi connectivity index (χ3v) is 4.28. The molecule has 0 unspecified atom stereocenters. The van der Waals surface area contributed by atoms with E-state index >= 15 is 0 Å². The topological polar surface area (TPSA) is 8.17 Å². The van der Waals surface area contributed by atoms with E-state index < -0.39 is 0 Å². The average molecular weight is 250 g/mol. The van der Waals surface area contributed by atoms with Crippen molar-refractivity contribution in [2.75, 3.05) is 23.7 Å². The van der Waals surface area contributed by atoms with Gasteiger partial charge in [0.2, 0.25) is 0 Å². The number of hydrogen-bond donors (Lipinski definition) is 0. The van der Waals surface area contributed by atoms with Crippen molar-refractivity contribution in [3.05, 3.63) is 17.7 Å². The smallest absolute Gasteiger partial charge is 0.110 e. The minimum atomic E-state index is 0.522. The zero-order valence-corrected chi connectivity index (χ0v) is 12.0. The summed E-state index contributed by atoms with van der Waals surface area (Å²) >= 11 is 1.95. The molecule has 0 atom stereocenters. The van der Waals surface area contributed by atoms with Crippen LogP contribution in [0, 0.1) is 0 Å². The van der Waals surface area contributed by atoms with Gasteiger partial charge in [-0.2, -0.15) is 0 Å². The van der Waals surface area contributed by atoms with Crippen molar-refractivity contribution in [1.82, 2.24) is 4.57 Å². The molecule has 0 aromatic carbocycles. The zero-order valence-electron chi connectivity index (χ0n) is 11.2. The molecule has 0 aliphatic carbocycles. The third kappa shape index (κ3) is 2.25. The highest BCUT2D eigenvalue weighted by molar-refractivity contribution is 7.99. The Morgan fingerprint density at radius 1 is 1.35 bits per heavy atom. The Kier molecular flexibility index (Phi) is 3.87. The summed E-state index contributed by atoms with van der Waals surface area (Å²) in [6.45, 7) is 11.1. The van der Waals surface area contributed by atoms with Gasteiger partial charge < -0.3 is 9.47 Å². The number of anilines is 1. The summed E-state index contributed by atoms with van der Waals surface area (Å²) in [6.07, 6.45) is 4.52. The van der Waals surface area contributed by atoms with Crippen LogP contribution < -0.4 is 4.90 Å². The van der Waals surface area contributed by atoms with Gasteiger partial charge in [0.25, 0.3) is 0 Å². The van der Waals surface area contributed by atoms with E-state index in [9.17, 15) is 0 Å². The van der Waals surface area contributed by atoms with Crippen LogP contribution in [0.4, 0.5) is 5.82 Å². The molecule has 3 heteroatoms. The molecule has 1 aliphatic rings. The molecule has 0 spiro atoms. The molecule has 94 valence electrons. The second-order valence-electron chi connectivity index (χ2n) is 4.61. The van der Waals surface area contributed by atoms with Gasteiger partial charge >= 0.3 is 0 Å². The number of thioether (sulfide) groups is 1. The predicted molar refractivity (Wildman–Crippen MR) is 78.1 cm³/mol. The standard InChI is InChI=1S/C14H22N2S/c1-5-15(6-2)13-10-12-8-7-9-17-14(12)16(13)11(3)4/h7-8,10-11H,5-6,9H2,1-4H3. The molecule has 0 fully saturated rings. The van der Waals surface area contributed by atoms with E-state index in [1.807, 2.05) is 11.8 Å². The summed E-state index contributed by atoms with van der Waals surface area (Å²) in [6, 6.07) is 2.86. The van der Waals surface area contributed by atoms with Crippen molar-refractivity contribution in [3.8, 4) is 0 Å². The van der Waals surface area contributed by atoms with Crippen molar-refractivity contribution in [2.24, 2.45) is 0 Å². The van der Waals surface area contributed by atoms with Crippen LogP contribution in [0.5, 0.6) is 0 Å². The van der Waals surface area contributed by atoms with Gasteiger partial charge in [-0.3, -0.25) is 0 Å². The lowest BCUT2D eigenvalue weighted by Gasteiger charge is -2.26. The number of hydrogen-bond acceptors (Lipinski definition) is 2. The van der Waals surface area contributed by atoms with Crippen LogP contribution in [0.15, 0.2) is 17.2 Å². The van der Waals surface area contributed by atoms with Crippen molar-refractivity contribution >= 4 is 23.7 Å². The fourth-order valence-electron chi connectivity index (χ4n) is 2.38. The van der Waals surface area contributed by atoms with Crippen molar-refractivity contribution in [2.45, 2.75) is 38.8 Å². The van der Waals surface area contributed by atoms with E-state index in [1.54, 1.807) is 0 Å². The second kappa shape index (κ2) is 5.21. The molecule has 1 aromatic rings. The Labute approximate surface area is 109 Å². The summed E-state index contributed by atoms with van der Waals surface area (Å²) in [7, 11) is 0. The van der Waals surface area contributed by atoms with E-state index in [0.717, 1.165) is 18.8 Å². The summed E-state index contributed by atoms with van der Waals surface area (Å²) in [4.78, 5) is 2.44. The second-order valence-corrected chi connectivity index (χ2v) is 5.62. The zero-order chi connectivity index (χ0) is 12.4. The molecule has 0 saturated carbocycles. The maximum absolute atomic E-state index is 2.48. The van der Waals surface area contributed by atoms with Crippen LogP contribution in [0.3, 0.4) is 0 Å². The maximum atomic E-state index is 2.48. The van der Waals surface area contributed by atoms with Crippen molar-refractivity contribution in [3.63, 3.8) is 0 Å². The van der Waals surface area contributed by atoms with Gasteiger partial charge in [0.05, 0.1) is 5.03 Å². The van der Waals surface area contributed by atoms with Gasteiger partial charge in [-0.15, -0.1) is 11.8 Å². The minimum absolute atomic E-state index is 0.522. The van der Waals surface area contributed by atoms with Crippen LogP contribution >= 0.6 is 11.8 Å². The maximum Gasteiger partial charge on any atom is 0.110 e. The third-order valence-electron chi connectivity index (χ3n) is 3.21. The SMILES string of the molecule is CCN(CC)c1cc2c(n1C(C)C)SCC=C2. The Morgan fingerprint density at radius 2 is 2.06 bits per heavy atom. The largest absolute Gasteiger partial charge is 0.359 e. The summed E-state index contributed by atoms with van der Waals surface area (Å²) in [5.41, 5.74) is 1.39. The fraction of sp³-hybridized carbons (Fsp3) is 0.571. The molecule has 0 bridgehead atoms. The average Bonchev–Trinajstić information content (AvgIpc) is 2.69. The van der Waals surface area contributed by atoms with Gasteiger partial charge in [0.1, 0.15) is 5.82 Å². The Balaban J connectivity index is 2.51. The molecule has 1 aromatic heterocycles. The van der Waals surface area contributed by atoms with E-state index in [1.165, 1.54) is 16.4 Å². The van der Waals surface area contributed by atoms with Gasteiger partial charge in [-0.25, -0.2) is 0 Å². The first-order valence-corrected chi connectivity index (χ1v) is 7.47. The highest BCUT2D eigenvalue weighted by atomic mass is 32.2. The predicted octanol–water partition coefficient (Wildman–Crippen LogP) is 4.03. The molecular formula is C14H22N2S. The lowest BCUT2D eigenvalue weighted by molar-refractivity contribution is 0.553. The molecule has 2 nitrogen and oxygen atoms in total. The lowest BCUT2D eigenvalue weighted by Crippen LogP contribution is -2.25. The summed E-state index contributed by atoms with van der Waals surface area (Å²) in [5.74, 6) is 2.47. The van der Waals surface area contributed by atoms with Crippen molar-refractivity contribution in [1.29, 1.82) is 0 Å². The minimum Gasteiger partial charge on any atom is -0.359 e. The molecule has 1 aliphatic heterocycles. The van der Waals surface area contributed by atoms with E-state index in [-0.39, 0.29) is 0 Å². The first-order chi connectivity index (χ1) is 8.19. The van der Waals surface area contributed by atoms with Crippen LogP contribution in [-0.4, -0.2) is 23.4 Å². The fourth-order valence-corrected chi connectivity index (χ4v) is 3.47. The first kappa shape index (κ1) is 12.6. The van der Waals surface area contributed by atoms with Gasteiger partial charge in [-0.1, -0.05) is 12.2 Å². The first-order valence-electron chi connectivity index (χ1n) is 6.48. The number of aromatic nitrogens is 1. The number of rotatable bonds is 4. The monoisotopic (exact) mass is 250 g/mol. The van der Waals surface area contributed by atoms with Crippen LogP contribution in [-0.2, 0) is 0 Å². The van der Waals surface area contributed by atoms with Crippen LogP contribution in [0.1, 0.15) is 39.3 Å².